The van der Waals surface area contributed by atoms with Gasteiger partial charge in [0.1, 0.15) is 5.82 Å². The lowest BCUT2D eigenvalue weighted by Gasteiger charge is -2.21. The fourth-order valence-electron chi connectivity index (χ4n) is 3.52. The number of carboxylic acid groups (broad SMARTS) is 1. The number of rotatable bonds is 4. The van der Waals surface area contributed by atoms with Crippen molar-refractivity contribution in [2.45, 2.75) is 19.4 Å². The molecule has 1 aliphatic heterocycles. The molecule has 0 spiro atoms. The monoisotopic (exact) mass is 401 g/mol. The third kappa shape index (κ3) is 4.48. The van der Waals surface area contributed by atoms with E-state index < -0.39 is 11.6 Å². The van der Waals surface area contributed by atoms with E-state index in [1.165, 1.54) is 5.56 Å². The zero-order valence-electron chi connectivity index (χ0n) is 15.8. The molecular formula is C21H21F2N3O3. The number of aryl methyl sites for hydroxylation is 1. The zero-order valence-corrected chi connectivity index (χ0v) is 15.8. The fourth-order valence-corrected chi connectivity index (χ4v) is 3.52. The van der Waals surface area contributed by atoms with Crippen LogP contribution in [0.25, 0.3) is 11.4 Å². The predicted molar refractivity (Wildman–Crippen MR) is 102 cm³/mol. The third-order valence-electron chi connectivity index (χ3n) is 4.95. The summed E-state index contributed by atoms with van der Waals surface area (Å²) in [7, 11) is 0. The molecule has 8 heteroatoms. The lowest BCUT2D eigenvalue weighted by Crippen LogP contribution is -2.20. The number of aromatic nitrogens is 3. The zero-order chi connectivity index (χ0) is 20.8. The lowest BCUT2D eigenvalue weighted by molar-refractivity contribution is -0.122. The van der Waals surface area contributed by atoms with Crippen molar-refractivity contribution in [2.75, 3.05) is 13.2 Å². The number of ether oxygens (including phenoxy) is 1. The van der Waals surface area contributed by atoms with Gasteiger partial charge in [-0.2, -0.15) is 0 Å². The molecule has 1 N–H and O–H groups in total. The van der Waals surface area contributed by atoms with E-state index in [0.29, 0.717) is 19.0 Å². The summed E-state index contributed by atoms with van der Waals surface area (Å²) >= 11 is 0. The quantitative estimate of drug-likeness (QED) is 0.675. The normalized spacial score (nSPS) is 18.2. The number of hydrogen-bond donors (Lipinski definition) is 1. The molecular weight excluding hydrogens is 380 g/mol. The number of nitrogens with zero attached hydrogens (tertiary/aromatic N) is 3. The molecule has 6 nitrogen and oxygen atoms in total. The number of imidazole rings is 1. The lowest BCUT2D eigenvalue weighted by atomic mass is 9.95. The van der Waals surface area contributed by atoms with Crippen LogP contribution < -0.4 is 0 Å². The molecule has 3 heterocycles. The first kappa shape index (κ1) is 20.6. The van der Waals surface area contributed by atoms with E-state index in [1.54, 1.807) is 37.6 Å². The summed E-state index contributed by atoms with van der Waals surface area (Å²) in [5.41, 5.74) is 1.63. The van der Waals surface area contributed by atoms with Crippen LogP contribution in [0.4, 0.5) is 8.78 Å². The molecule has 0 unspecified atom stereocenters. The van der Waals surface area contributed by atoms with Gasteiger partial charge in [0.25, 0.3) is 6.47 Å². The highest BCUT2D eigenvalue weighted by atomic mass is 19.2. The van der Waals surface area contributed by atoms with Gasteiger partial charge < -0.3 is 14.4 Å². The van der Waals surface area contributed by atoms with E-state index in [2.05, 4.69) is 9.97 Å². The minimum atomic E-state index is -0.859. The van der Waals surface area contributed by atoms with Gasteiger partial charge in [-0.25, -0.2) is 13.8 Å². The first-order valence-electron chi connectivity index (χ1n) is 9.09. The molecule has 152 valence electrons. The van der Waals surface area contributed by atoms with Gasteiger partial charge in [0.15, 0.2) is 11.6 Å². The van der Waals surface area contributed by atoms with Crippen molar-refractivity contribution in [2.24, 2.45) is 5.92 Å². The summed E-state index contributed by atoms with van der Waals surface area (Å²) in [5.74, 6) is -1.03. The highest BCUT2D eigenvalue weighted by Gasteiger charge is 2.32. The van der Waals surface area contributed by atoms with Crippen LogP contribution in [0.5, 0.6) is 0 Å². The van der Waals surface area contributed by atoms with Crippen molar-refractivity contribution in [1.82, 2.24) is 14.5 Å². The third-order valence-corrected chi connectivity index (χ3v) is 4.95. The van der Waals surface area contributed by atoms with Crippen LogP contribution in [0, 0.1) is 24.5 Å². The molecule has 0 radical (unpaired) electrons. The molecule has 1 fully saturated rings. The second kappa shape index (κ2) is 9.38. The Labute approximate surface area is 166 Å². The van der Waals surface area contributed by atoms with E-state index in [-0.39, 0.29) is 29.6 Å². The highest BCUT2D eigenvalue weighted by molar-refractivity contribution is 5.57. The Morgan fingerprint density at radius 3 is 2.62 bits per heavy atom. The summed E-state index contributed by atoms with van der Waals surface area (Å²) in [5, 5.41) is 6.89. The van der Waals surface area contributed by atoms with Gasteiger partial charge in [0, 0.05) is 30.7 Å². The van der Waals surface area contributed by atoms with Gasteiger partial charge >= 0.3 is 0 Å². The second-order valence-electron chi connectivity index (χ2n) is 6.75. The Morgan fingerprint density at radius 1 is 1.17 bits per heavy atom. The maximum atomic E-state index is 14.5. The molecule has 4 rings (SSSR count). The Balaban J connectivity index is 0.000000755. The minimum Gasteiger partial charge on any atom is -0.483 e. The van der Waals surface area contributed by atoms with Crippen LogP contribution >= 0.6 is 0 Å². The molecule has 1 aromatic carbocycles. The molecule has 0 aliphatic carbocycles. The van der Waals surface area contributed by atoms with E-state index in [0.717, 1.165) is 6.42 Å². The van der Waals surface area contributed by atoms with Crippen molar-refractivity contribution in [3.05, 3.63) is 71.8 Å². The van der Waals surface area contributed by atoms with Crippen molar-refractivity contribution in [1.29, 1.82) is 0 Å². The Morgan fingerprint density at radius 2 is 1.90 bits per heavy atom. The van der Waals surface area contributed by atoms with Crippen molar-refractivity contribution in [3.8, 4) is 11.4 Å². The van der Waals surface area contributed by atoms with Crippen LogP contribution in [0.15, 0.2) is 49.1 Å². The highest BCUT2D eigenvalue weighted by Crippen LogP contribution is 2.34. The largest absolute Gasteiger partial charge is 0.483 e. The van der Waals surface area contributed by atoms with Crippen LogP contribution in [0.2, 0.25) is 0 Å². The Hall–Kier alpha value is -3.13. The molecule has 0 amide bonds. The molecule has 2 aromatic heterocycles. The summed E-state index contributed by atoms with van der Waals surface area (Å²) in [6.07, 6.45) is 7.80. The Kier molecular flexibility index (Phi) is 6.66. The van der Waals surface area contributed by atoms with Crippen molar-refractivity contribution < 1.29 is 23.4 Å². The second-order valence-corrected chi connectivity index (χ2v) is 6.75. The maximum absolute atomic E-state index is 14.5. The van der Waals surface area contributed by atoms with E-state index >= 15 is 0 Å². The number of carbonyl (C=O) groups is 1. The van der Waals surface area contributed by atoms with Gasteiger partial charge in [-0.15, -0.1) is 0 Å². The summed E-state index contributed by atoms with van der Waals surface area (Å²) in [6, 6.07) is 7.15. The molecule has 3 aromatic rings. The SMILES string of the molecule is Cc1ccc(-c2nccn2[C@@H]2COC[C@H]2Cc2ccncc2)c(F)c1F.O=CO. The van der Waals surface area contributed by atoms with E-state index in [4.69, 9.17) is 14.6 Å². The number of benzene rings is 1. The maximum Gasteiger partial charge on any atom is 0.290 e. The van der Waals surface area contributed by atoms with Gasteiger partial charge in [-0.05, 0) is 42.7 Å². The number of pyridine rings is 1. The molecule has 0 saturated carbocycles. The molecule has 1 aliphatic rings. The van der Waals surface area contributed by atoms with Crippen LogP contribution in [-0.2, 0) is 16.0 Å². The number of halogens is 2. The van der Waals surface area contributed by atoms with Gasteiger partial charge in [-0.3, -0.25) is 9.78 Å². The molecule has 0 bridgehead atoms. The molecule has 2 atom stereocenters. The minimum absolute atomic E-state index is 0.0180. The summed E-state index contributed by atoms with van der Waals surface area (Å²) < 4.78 is 36.1. The first-order valence-corrected chi connectivity index (χ1v) is 9.09. The van der Waals surface area contributed by atoms with E-state index in [1.807, 2.05) is 22.9 Å². The molecule has 1 saturated heterocycles. The van der Waals surface area contributed by atoms with Gasteiger partial charge in [0.05, 0.1) is 24.8 Å². The summed E-state index contributed by atoms with van der Waals surface area (Å²) in [4.78, 5) is 16.7. The number of hydrogen-bond acceptors (Lipinski definition) is 4. The van der Waals surface area contributed by atoms with Gasteiger partial charge in [0.2, 0.25) is 0 Å². The van der Waals surface area contributed by atoms with E-state index in [9.17, 15) is 8.78 Å². The van der Waals surface area contributed by atoms with Crippen LogP contribution in [0.1, 0.15) is 17.2 Å². The summed E-state index contributed by atoms with van der Waals surface area (Å²) in [6.45, 7) is 2.44. The smallest absolute Gasteiger partial charge is 0.290 e. The van der Waals surface area contributed by atoms with Crippen LogP contribution in [0.3, 0.4) is 0 Å². The first-order chi connectivity index (χ1) is 14.1. The topological polar surface area (TPSA) is 77.2 Å². The molecule has 29 heavy (non-hydrogen) atoms. The average molecular weight is 401 g/mol. The van der Waals surface area contributed by atoms with Crippen molar-refractivity contribution in [3.63, 3.8) is 0 Å². The fraction of sp³-hybridized carbons (Fsp3) is 0.286. The predicted octanol–water partition coefficient (Wildman–Crippen LogP) is 3.66. The average Bonchev–Trinajstić information content (AvgIpc) is 3.37. The standard InChI is InChI=1S/C20H19F2N3O.CH2O2/c1-13-2-3-16(19(22)18(13)21)20-24-8-9-25(20)17-12-26-11-15(17)10-14-4-6-23-7-5-14;2-1-3/h2-9,15,17H,10-12H2,1H3;1H,(H,2,3)/t15-,17-;/m1./s1. The Bertz CT molecular complexity index is 963. The van der Waals surface area contributed by atoms with Gasteiger partial charge in [-0.1, -0.05) is 6.07 Å². The van der Waals surface area contributed by atoms with Crippen LogP contribution in [-0.4, -0.2) is 39.3 Å². The van der Waals surface area contributed by atoms with Crippen molar-refractivity contribution >= 4 is 6.47 Å².